The average molecular weight is 314 g/mol. The predicted molar refractivity (Wildman–Crippen MR) is 85.3 cm³/mol. The Morgan fingerprint density at radius 3 is 2.32 bits per heavy atom. The molecular formula is C13H29Cl2N3O. The number of nitrogens with one attached hydrogen (secondary N) is 1. The number of nitrogens with zero attached hydrogens (tertiary/aromatic N) is 1. The van der Waals surface area contributed by atoms with E-state index in [0.717, 1.165) is 13.0 Å². The lowest BCUT2D eigenvalue weighted by molar-refractivity contribution is -0.122. The Hall–Kier alpha value is -0.0300. The molecule has 2 atom stereocenters. The first-order valence-electron chi connectivity index (χ1n) is 6.85. The van der Waals surface area contributed by atoms with Gasteiger partial charge >= 0.3 is 0 Å². The maximum atomic E-state index is 11.6. The van der Waals surface area contributed by atoms with Crippen LogP contribution in [0.3, 0.4) is 0 Å². The van der Waals surface area contributed by atoms with Crippen LogP contribution in [0.25, 0.3) is 0 Å². The van der Waals surface area contributed by atoms with Gasteiger partial charge < -0.3 is 16.0 Å². The van der Waals surface area contributed by atoms with Gasteiger partial charge in [0, 0.05) is 25.0 Å². The molecule has 0 spiro atoms. The highest BCUT2D eigenvalue weighted by atomic mass is 35.5. The van der Waals surface area contributed by atoms with Crippen molar-refractivity contribution < 1.29 is 4.79 Å². The van der Waals surface area contributed by atoms with Gasteiger partial charge in [0.2, 0.25) is 5.91 Å². The van der Waals surface area contributed by atoms with Crippen LogP contribution in [0.5, 0.6) is 0 Å². The van der Waals surface area contributed by atoms with Gasteiger partial charge in [0.1, 0.15) is 0 Å². The molecule has 0 saturated carbocycles. The number of likely N-dealkylation sites (tertiary alicyclic amines) is 1. The minimum atomic E-state index is 0. The van der Waals surface area contributed by atoms with E-state index < -0.39 is 0 Å². The van der Waals surface area contributed by atoms with Crippen molar-refractivity contribution in [2.45, 2.75) is 58.0 Å². The summed E-state index contributed by atoms with van der Waals surface area (Å²) in [7, 11) is 0. The van der Waals surface area contributed by atoms with E-state index in [1.54, 1.807) is 0 Å². The molecular weight excluding hydrogens is 285 g/mol. The number of nitrogens with two attached hydrogens (primary N) is 1. The lowest BCUT2D eigenvalue weighted by Gasteiger charge is -2.29. The summed E-state index contributed by atoms with van der Waals surface area (Å²) in [5.74, 6) is 0.131. The summed E-state index contributed by atoms with van der Waals surface area (Å²) < 4.78 is 0. The van der Waals surface area contributed by atoms with Crippen molar-refractivity contribution in [3.05, 3.63) is 0 Å². The van der Waals surface area contributed by atoms with E-state index in [2.05, 4.69) is 17.1 Å². The summed E-state index contributed by atoms with van der Waals surface area (Å²) in [5.41, 5.74) is 5.63. The Morgan fingerprint density at radius 1 is 1.21 bits per heavy atom. The second-order valence-electron chi connectivity index (χ2n) is 5.35. The quantitative estimate of drug-likeness (QED) is 0.788. The van der Waals surface area contributed by atoms with Crippen molar-refractivity contribution in [2.24, 2.45) is 5.73 Å². The molecule has 1 fully saturated rings. The first-order valence-corrected chi connectivity index (χ1v) is 6.85. The zero-order valence-corrected chi connectivity index (χ0v) is 13.7. The molecule has 116 valence electrons. The predicted octanol–water partition coefficient (Wildman–Crippen LogP) is 1.95. The van der Waals surface area contributed by atoms with Gasteiger partial charge in [-0.25, -0.2) is 0 Å². The Morgan fingerprint density at radius 2 is 1.79 bits per heavy atom. The summed E-state index contributed by atoms with van der Waals surface area (Å²) in [6.45, 7) is 7.35. The zero-order valence-electron chi connectivity index (χ0n) is 12.1. The molecule has 0 aromatic carbocycles. The second kappa shape index (κ2) is 11.8. The molecule has 1 amide bonds. The molecule has 1 saturated heterocycles. The average Bonchev–Trinajstić information content (AvgIpc) is 2.27. The smallest absolute Gasteiger partial charge is 0.220 e. The van der Waals surface area contributed by atoms with Crippen LogP contribution in [0, 0.1) is 0 Å². The minimum Gasteiger partial charge on any atom is -0.352 e. The van der Waals surface area contributed by atoms with Crippen LogP contribution in [0.4, 0.5) is 0 Å². The molecule has 0 aromatic rings. The van der Waals surface area contributed by atoms with Crippen LogP contribution < -0.4 is 11.1 Å². The molecule has 0 radical (unpaired) electrons. The van der Waals surface area contributed by atoms with E-state index in [1.165, 1.54) is 32.4 Å². The fraction of sp³-hybridized carbons (Fsp3) is 0.923. The van der Waals surface area contributed by atoms with E-state index in [0.29, 0.717) is 6.42 Å². The first-order chi connectivity index (χ1) is 8.08. The second-order valence-corrected chi connectivity index (χ2v) is 5.35. The van der Waals surface area contributed by atoms with Gasteiger partial charge in [-0.05, 0) is 46.2 Å². The normalized spacial score (nSPS) is 18.7. The van der Waals surface area contributed by atoms with E-state index >= 15 is 0 Å². The topological polar surface area (TPSA) is 58.4 Å². The minimum absolute atomic E-state index is 0. The monoisotopic (exact) mass is 313 g/mol. The number of carbonyl (C=O) groups is 1. The van der Waals surface area contributed by atoms with E-state index in [4.69, 9.17) is 5.73 Å². The summed E-state index contributed by atoms with van der Waals surface area (Å²) in [5, 5.41) is 3.05. The van der Waals surface area contributed by atoms with Gasteiger partial charge in [-0.1, -0.05) is 6.42 Å². The Bertz CT molecular complexity index is 234. The highest BCUT2D eigenvalue weighted by Crippen LogP contribution is 2.08. The molecule has 1 rings (SSSR count). The molecule has 0 bridgehead atoms. The van der Waals surface area contributed by atoms with Crippen LogP contribution in [0.2, 0.25) is 0 Å². The van der Waals surface area contributed by atoms with Gasteiger partial charge in [0.15, 0.2) is 0 Å². The summed E-state index contributed by atoms with van der Waals surface area (Å²) in [4.78, 5) is 14.1. The van der Waals surface area contributed by atoms with E-state index in [1.807, 2.05) is 6.92 Å². The summed E-state index contributed by atoms with van der Waals surface area (Å²) in [6, 6.07) is 0.354. The van der Waals surface area contributed by atoms with Gasteiger partial charge in [0.25, 0.3) is 0 Å². The Labute approximate surface area is 129 Å². The summed E-state index contributed by atoms with van der Waals surface area (Å²) in [6.07, 6.45) is 5.26. The van der Waals surface area contributed by atoms with Crippen molar-refractivity contribution in [2.75, 3.05) is 19.6 Å². The van der Waals surface area contributed by atoms with Crippen molar-refractivity contribution in [1.82, 2.24) is 10.2 Å². The van der Waals surface area contributed by atoms with Gasteiger partial charge in [-0.15, -0.1) is 24.8 Å². The Balaban J connectivity index is 0. The molecule has 19 heavy (non-hydrogen) atoms. The number of amides is 1. The highest BCUT2D eigenvalue weighted by Gasteiger charge is 2.14. The lowest BCUT2D eigenvalue weighted by Crippen LogP contribution is -2.43. The third-order valence-corrected chi connectivity index (χ3v) is 3.21. The molecule has 2 unspecified atom stereocenters. The lowest BCUT2D eigenvalue weighted by atomic mass is 10.1. The molecule has 1 aliphatic heterocycles. The van der Waals surface area contributed by atoms with Crippen molar-refractivity contribution in [1.29, 1.82) is 0 Å². The molecule has 1 heterocycles. The number of piperidine rings is 1. The van der Waals surface area contributed by atoms with Crippen molar-refractivity contribution >= 4 is 30.7 Å². The molecule has 4 nitrogen and oxygen atoms in total. The van der Waals surface area contributed by atoms with Gasteiger partial charge in [-0.3, -0.25) is 4.79 Å². The van der Waals surface area contributed by atoms with E-state index in [-0.39, 0.29) is 42.8 Å². The first kappa shape index (κ1) is 21.3. The third-order valence-electron chi connectivity index (χ3n) is 3.21. The molecule has 1 aliphatic rings. The van der Waals surface area contributed by atoms with Crippen molar-refractivity contribution in [3.8, 4) is 0 Å². The maximum Gasteiger partial charge on any atom is 0.220 e. The Kier molecular flexibility index (Phi) is 13.2. The van der Waals surface area contributed by atoms with Crippen LogP contribution in [0.15, 0.2) is 0 Å². The molecule has 0 aromatic heterocycles. The SMILES string of the molecule is CC(N)CCC(=O)NC(C)CN1CCCCC1.Cl.Cl. The number of halogens is 2. The van der Waals surface area contributed by atoms with Crippen LogP contribution >= 0.6 is 24.8 Å². The van der Waals surface area contributed by atoms with Crippen molar-refractivity contribution in [3.63, 3.8) is 0 Å². The zero-order chi connectivity index (χ0) is 12.7. The third kappa shape index (κ3) is 10.4. The van der Waals surface area contributed by atoms with E-state index in [9.17, 15) is 4.79 Å². The van der Waals surface area contributed by atoms with Crippen LogP contribution in [-0.4, -0.2) is 42.5 Å². The number of rotatable bonds is 6. The largest absolute Gasteiger partial charge is 0.352 e. The molecule has 3 N–H and O–H groups in total. The fourth-order valence-electron chi connectivity index (χ4n) is 2.28. The van der Waals surface area contributed by atoms with Crippen LogP contribution in [0.1, 0.15) is 46.0 Å². The highest BCUT2D eigenvalue weighted by molar-refractivity contribution is 5.85. The summed E-state index contributed by atoms with van der Waals surface area (Å²) >= 11 is 0. The van der Waals surface area contributed by atoms with Crippen LogP contribution in [-0.2, 0) is 4.79 Å². The number of hydrogen-bond donors (Lipinski definition) is 2. The molecule has 6 heteroatoms. The molecule has 0 aliphatic carbocycles. The standard InChI is InChI=1S/C13H27N3O.2ClH/c1-11(14)6-7-13(17)15-12(2)10-16-8-4-3-5-9-16;;/h11-12H,3-10,14H2,1-2H3,(H,15,17);2*1H. The number of carbonyl (C=O) groups excluding carboxylic acids is 1. The fourth-order valence-corrected chi connectivity index (χ4v) is 2.28. The number of hydrogen-bond acceptors (Lipinski definition) is 3. The maximum absolute atomic E-state index is 11.6. The van der Waals surface area contributed by atoms with Gasteiger partial charge in [0.05, 0.1) is 0 Å². The van der Waals surface area contributed by atoms with Gasteiger partial charge in [-0.2, -0.15) is 0 Å².